The highest BCUT2D eigenvalue weighted by molar-refractivity contribution is 6.34. The van der Waals surface area contributed by atoms with Gasteiger partial charge in [0.1, 0.15) is 0 Å². The number of nitrogens with one attached hydrogen (secondary N) is 2. The van der Waals surface area contributed by atoms with E-state index < -0.39 is 0 Å². The van der Waals surface area contributed by atoms with Gasteiger partial charge >= 0.3 is 0 Å². The third-order valence-electron chi connectivity index (χ3n) is 2.18. The molecule has 0 aliphatic carbocycles. The number of aromatic amines is 1. The average Bonchev–Trinajstić information content (AvgIpc) is 2.63. The van der Waals surface area contributed by atoms with E-state index in [0.717, 1.165) is 11.4 Å². The van der Waals surface area contributed by atoms with E-state index in [4.69, 9.17) is 11.6 Å². The maximum absolute atomic E-state index is 11.9. The summed E-state index contributed by atoms with van der Waals surface area (Å²) in [6, 6.07) is 3.37. The van der Waals surface area contributed by atoms with Crippen molar-refractivity contribution >= 4 is 23.3 Å². The second kappa shape index (κ2) is 4.55. The smallest absolute Gasteiger partial charge is 0.259 e. The number of pyridine rings is 1. The van der Waals surface area contributed by atoms with Gasteiger partial charge in [-0.1, -0.05) is 11.6 Å². The van der Waals surface area contributed by atoms with Gasteiger partial charge in [-0.15, -0.1) is 0 Å². The maximum atomic E-state index is 11.9. The van der Waals surface area contributed by atoms with Crippen molar-refractivity contribution in [2.75, 3.05) is 5.32 Å². The molecule has 6 heteroatoms. The molecule has 2 aromatic heterocycles. The van der Waals surface area contributed by atoms with Crippen molar-refractivity contribution in [1.82, 2.24) is 15.2 Å². The number of anilines is 1. The van der Waals surface area contributed by atoms with Gasteiger partial charge in [-0.2, -0.15) is 5.10 Å². The zero-order valence-corrected chi connectivity index (χ0v) is 10.2. The molecule has 0 atom stereocenters. The number of nitrogens with zero attached hydrogens (tertiary/aromatic N) is 2. The van der Waals surface area contributed by atoms with E-state index >= 15 is 0 Å². The Morgan fingerprint density at radius 1 is 1.41 bits per heavy atom. The molecular formula is C11H11ClN4O. The molecule has 17 heavy (non-hydrogen) atoms. The zero-order valence-electron chi connectivity index (χ0n) is 9.41. The number of carbonyl (C=O) groups is 1. The quantitative estimate of drug-likeness (QED) is 0.859. The van der Waals surface area contributed by atoms with Crippen LogP contribution in [0.1, 0.15) is 21.7 Å². The van der Waals surface area contributed by atoms with Gasteiger partial charge in [-0.3, -0.25) is 14.9 Å². The first-order chi connectivity index (χ1) is 8.06. The van der Waals surface area contributed by atoms with Gasteiger partial charge in [0.05, 0.1) is 10.6 Å². The lowest BCUT2D eigenvalue weighted by atomic mass is 10.2. The Morgan fingerprint density at radius 2 is 2.18 bits per heavy atom. The number of hydrogen-bond acceptors (Lipinski definition) is 3. The first kappa shape index (κ1) is 11.6. The molecule has 2 N–H and O–H groups in total. The van der Waals surface area contributed by atoms with Crippen LogP contribution in [0, 0.1) is 13.8 Å². The summed E-state index contributed by atoms with van der Waals surface area (Å²) in [5.74, 6) is 0.137. The number of hydrogen-bond donors (Lipinski definition) is 2. The molecule has 2 heterocycles. The molecule has 5 nitrogen and oxygen atoms in total. The molecule has 88 valence electrons. The van der Waals surface area contributed by atoms with E-state index in [0.29, 0.717) is 16.4 Å². The van der Waals surface area contributed by atoms with Crippen molar-refractivity contribution < 1.29 is 4.79 Å². The fraction of sp³-hybridized carbons (Fsp3) is 0.182. The second-order valence-electron chi connectivity index (χ2n) is 3.70. The van der Waals surface area contributed by atoms with Crippen LogP contribution in [0.2, 0.25) is 5.02 Å². The van der Waals surface area contributed by atoms with Crippen LogP contribution in [0.25, 0.3) is 0 Å². The Labute approximate surface area is 103 Å². The molecule has 0 saturated heterocycles. The van der Waals surface area contributed by atoms with Gasteiger partial charge in [0, 0.05) is 23.7 Å². The van der Waals surface area contributed by atoms with Crippen LogP contribution in [-0.2, 0) is 0 Å². The van der Waals surface area contributed by atoms with Gasteiger partial charge in [-0.05, 0) is 19.9 Å². The standard InChI is InChI=1S/C11H11ClN4O/c1-6-3-9(12)8(5-13-6)11(17)14-10-4-7(2)15-16-10/h3-5H,1-2H3,(H2,14,15,16,17). The Hall–Kier alpha value is -1.88. The van der Waals surface area contributed by atoms with E-state index in [2.05, 4.69) is 20.5 Å². The van der Waals surface area contributed by atoms with E-state index in [1.54, 1.807) is 12.1 Å². The Bertz CT molecular complexity index is 564. The van der Waals surface area contributed by atoms with Gasteiger partial charge in [-0.25, -0.2) is 0 Å². The van der Waals surface area contributed by atoms with Crippen molar-refractivity contribution in [3.8, 4) is 0 Å². The van der Waals surface area contributed by atoms with Crippen LogP contribution >= 0.6 is 11.6 Å². The van der Waals surface area contributed by atoms with E-state index in [9.17, 15) is 4.79 Å². The van der Waals surface area contributed by atoms with Crippen LogP contribution < -0.4 is 5.32 Å². The van der Waals surface area contributed by atoms with Crippen molar-refractivity contribution in [3.63, 3.8) is 0 Å². The summed E-state index contributed by atoms with van der Waals surface area (Å²) in [5.41, 5.74) is 1.97. The third kappa shape index (κ3) is 2.62. The topological polar surface area (TPSA) is 70.7 Å². The normalized spacial score (nSPS) is 10.3. The molecular weight excluding hydrogens is 240 g/mol. The number of rotatable bonds is 2. The first-order valence-corrected chi connectivity index (χ1v) is 5.39. The fourth-order valence-corrected chi connectivity index (χ4v) is 1.65. The minimum atomic E-state index is -0.325. The fourth-order valence-electron chi connectivity index (χ4n) is 1.36. The molecule has 0 fully saturated rings. The summed E-state index contributed by atoms with van der Waals surface area (Å²) in [5, 5.41) is 9.65. The summed E-state index contributed by atoms with van der Waals surface area (Å²) in [6.07, 6.45) is 1.45. The number of carbonyl (C=O) groups excluding carboxylic acids is 1. The number of H-pyrrole nitrogens is 1. The molecule has 0 unspecified atom stereocenters. The Morgan fingerprint density at radius 3 is 2.76 bits per heavy atom. The predicted octanol–water partition coefficient (Wildman–Crippen LogP) is 2.33. The zero-order chi connectivity index (χ0) is 12.4. The van der Waals surface area contributed by atoms with Crippen molar-refractivity contribution in [1.29, 1.82) is 0 Å². The molecule has 1 amide bonds. The van der Waals surface area contributed by atoms with Crippen molar-refractivity contribution in [2.24, 2.45) is 0 Å². The molecule has 0 aromatic carbocycles. The number of amides is 1. The van der Waals surface area contributed by atoms with Crippen molar-refractivity contribution in [3.05, 3.63) is 40.3 Å². The molecule has 2 rings (SSSR count). The summed E-state index contributed by atoms with van der Waals surface area (Å²) in [7, 11) is 0. The predicted molar refractivity (Wildman–Crippen MR) is 65.3 cm³/mol. The molecule has 0 saturated carbocycles. The Balaban J connectivity index is 2.20. The third-order valence-corrected chi connectivity index (χ3v) is 2.50. The molecule has 2 aromatic rings. The van der Waals surface area contributed by atoms with Gasteiger partial charge in [0.25, 0.3) is 5.91 Å². The molecule has 0 spiro atoms. The Kier molecular flexibility index (Phi) is 3.10. The lowest BCUT2D eigenvalue weighted by molar-refractivity contribution is 0.102. The van der Waals surface area contributed by atoms with Crippen LogP contribution in [0.15, 0.2) is 18.3 Å². The minimum absolute atomic E-state index is 0.325. The minimum Gasteiger partial charge on any atom is -0.305 e. The lowest BCUT2D eigenvalue weighted by Crippen LogP contribution is -2.13. The average molecular weight is 251 g/mol. The summed E-state index contributed by atoms with van der Waals surface area (Å²) in [4.78, 5) is 15.9. The van der Waals surface area contributed by atoms with E-state index in [-0.39, 0.29) is 5.91 Å². The van der Waals surface area contributed by atoms with E-state index in [1.807, 2.05) is 13.8 Å². The van der Waals surface area contributed by atoms with Crippen LogP contribution in [0.5, 0.6) is 0 Å². The summed E-state index contributed by atoms with van der Waals surface area (Å²) >= 11 is 5.97. The number of aryl methyl sites for hydroxylation is 2. The molecule has 0 radical (unpaired) electrons. The second-order valence-corrected chi connectivity index (χ2v) is 4.10. The highest BCUT2D eigenvalue weighted by Crippen LogP contribution is 2.17. The lowest BCUT2D eigenvalue weighted by Gasteiger charge is -2.04. The number of aromatic nitrogens is 3. The molecule has 0 bridgehead atoms. The van der Waals surface area contributed by atoms with Gasteiger partial charge in [0.2, 0.25) is 0 Å². The highest BCUT2D eigenvalue weighted by atomic mass is 35.5. The first-order valence-electron chi connectivity index (χ1n) is 5.02. The molecule has 0 aliphatic rings. The monoisotopic (exact) mass is 250 g/mol. The largest absolute Gasteiger partial charge is 0.305 e. The van der Waals surface area contributed by atoms with Crippen LogP contribution in [0.3, 0.4) is 0 Å². The summed E-state index contributed by atoms with van der Waals surface area (Å²) in [6.45, 7) is 3.66. The van der Waals surface area contributed by atoms with Crippen molar-refractivity contribution in [2.45, 2.75) is 13.8 Å². The maximum Gasteiger partial charge on any atom is 0.259 e. The SMILES string of the molecule is Cc1cc(Cl)c(C(=O)Nc2cc(C)[nH]n2)cn1. The highest BCUT2D eigenvalue weighted by Gasteiger charge is 2.12. The van der Waals surface area contributed by atoms with E-state index in [1.165, 1.54) is 6.20 Å². The van der Waals surface area contributed by atoms with Crippen LogP contribution in [-0.4, -0.2) is 21.1 Å². The van der Waals surface area contributed by atoms with Crippen LogP contribution in [0.4, 0.5) is 5.82 Å². The van der Waals surface area contributed by atoms with Gasteiger partial charge in [0.15, 0.2) is 5.82 Å². The summed E-state index contributed by atoms with van der Waals surface area (Å²) < 4.78 is 0. The molecule has 0 aliphatic heterocycles. The number of halogens is 1. The van der Waals surface area contributed by atoms with Gasteiger partial charge < -0.3 is 5.32 Å².